The summed E-state index contributed by atoms with van der Waals surface area (Å²) in [6, 6.07) is 16.4. The van der Waals surface area contributed by atoms with E-state index in [1.54, 1.807) is 24.8 Å². The number of hydrogen-bond donors (Lipinski definition) is 1. The van der Waals surface area contributed by atoms with Crippen LogP contribution in [0.3, 0.4) is 0 Å². The molecule has 1 fully saturated rings. The minimum Gasteiger partial charge on any atom is -0.437 e. The molecule has 49 heavy (non-hydrogen) atoms. The lowest BCUT2D eigenvalue weighted by atomic mass is 10.1. The lowest BCUT2D eigenvalue weighted by Crippen LogP contribution is -2.43. The van der Waals surface area contributed by atoms with Crippen LogP contribution in [0.1, 0.15) is 27.0 Å². The fraction of sp³-hybridized carbons (Fsp3) is 0.378. The van der Waals surface area contributed by atoms with Crippen LogP contribution in [0, 0.1) is 13.8 Å². The maximum absolute atomic E-state index is 13.6. The Morgan fingerprint density at radius 1 is 0.939 bits per heavy atom. The van der Waals surface area contributed by atoms with E-state index in [9.17, 15) is 4.79 Å². The number of nitrogens with zero attached hydrogens (tertiary/aromatic N) is 7. The van der Waals surface area contributed by atoms with Gasteiger partial charge in [-0.2, -0.15) is 4.98 Å². The molecule has 4 heterocycles. The molecule has 1 aliphatic rings. The van der Waals surface area contributed by atoms with Gasteiger partial charge < -0.3 is 19.7 Å². The number of carbonyl (C=O) groups is 1. The van der Waals surface area contributed by atoms with Gasteiger partial charge in [-0.25, -0.2) is 9.97 Å². The molecule has 3 aromatic heterocycles. The van der Waals surface area contributed by atoms with E-state index in [1.807, 2.05) is 47.9 Å². The number of aryl methyl sites for hydroxylation is 2. The van der Waals surface area contributed by atoms with Gasteiger partial charge in [0.25, 0.3) is 11.8 Å². The van der Waals surface area contributed by atoms with E-state index in [4.69, 9.17) is 19.4 Å². The third-order valence-electron chi connectivity index (χ3n) is 8.86. The normalized spacial score (nSPS) is 14.3. The minimum atomic E-state index is -1.22. The van der Waals surface area contributed by atoms with Gasteiger partial charge in [-0.3, -0.25) is 19.2 Å². The van der Waals surface area contributed by atoms with Crippen LogP contribution in [0.4, 0.5) is 5.69 Å². The Morgan fingerprint density at radius 3 is 2.45 bits per heavy atom. The summed E-state index contributed by atoms with van der Waals surface area (Å²) in [4.78, 5) is 36.8. The summed E-state index contributed by atoms with van der Waals surface area (Å²) in [6.45, 7) is 17.2. The minimum absolute atomic E-state index is 0.209. The summed E-state index contributed by atoms with van der Waals surface area (Å²) < 4.78 is 14.3. The van der Waals surface area contributed by atoms with Crippen LogP contribution >= 0.6 is 0 Å². The molecule has 6 rings (SSSR count). The number of fused-ring (bicyclic) bond motifs is 1. The molecule has 5 aromatic rings. The van der Waals surface area contributed by atoms with Crippen molar-refractivity contribution in [3.63, 3.8) is 0 Å². The first-order valence-corrected chi connectivity index (χ1v) is 20.5. The SMILES string of the molecule is Cc1cc(NC(=O)c2cc(Oc3nc(-c4ccncc4)nc4c3ncn4COCC[Si](C)(C)C)ccc2C)ccc1CN1CCN(C)CC1. The maximum Gasteiger partial charge on any atom is 0.256 e. The van der Waals surface area contributed by atoms with Gasteiger partial charge in [0, 0.05) is 76.6 Å². The first kappa shape index (κ1) is 34.4. The van der Waals surface area contributed by atoms with Gasteiger partial charge in [-0.1, -0.05) is 31.8 Å². The zero-order valence-electron chi connectivity index (χ0n) is 29.4. The third-order valence-corrected chi connectivity index (χ3v) is 10.6. The van der Waals surface area contributed by atoms with Crippen molar-refractivity contribution in [1.82, 2.24) is 34.3 Å². The molecule has 256 valence electrons. The number of anilines is 1. The Morgan fingerprint density at radius 2 is 1.71 bits per heavy atom. The van der Waals surface area contributed by atoms with Crippen molar-refractivity contribution in [3.05, 3.63) is 89.5 Å². The van der Waals surface area contributed by atoms with Crippen LogP contribution in [0.2, 0.25) is 25.7 Å². The largest absolute Gasteiger partial charge is 0.437 e. The molecular formula is C37H46N8O3Si. The van der Waals surface area contributed by atoms with E-state index in [0.29, 0.717) is 47.5 Å². The molecule has 0 aliphatic carbocycles. The lowest BCUT2D eigenvalue weighted by molar-refractivity contribution is 0.0895. The molecular weight excluding hydrogens is 633 g/mol. The summed E-state index contributed by atoms with van der Waals surface area (Å²) in [5.74, 6) is 1.03. The van der Waals surface area contributed by atoms with Crippen LogP contribution in [-0.2, 0) is 18.0 Å². The number of pyridine rings is 1. The number of benzene rings is 2. The average molecular weight is 679 g/mol. The highest BCUT2D eigenvalue weighted by atomic mass is 28.3. The number of amides is 1. The molecule has 0 unspecified atom stereocenters. The van der Waals surface area contributed by atoms with Gasteiger partial charge in [-0.15, -0.1) is 0 Å². The lowest BCUT2D eigenvalue weighted by Gasteiger charge is -2.32. The van der Waals surface area contributed by atoms with E-state index in [0.717, 1.165) is 61.1 Å². The second kappa shape index (κ2) is 15.0. The van der Waals surface area contributed by atoms with Crippen LogP contribution in [-0.4, -0.2) is 88.1 Å². The topological polar surface area (TPSA) is 111 Å². The standard InChI is InChI=1S/C37H46N8O3Si/c1-26-7-10-31(22-32(26)36(46)40-30-9-8-29(27(2)21-30)23-44-17-15-43(3)16-18-44)48-37-33-35(41-34(42-37)28-11-13-38-14-12-28)45(24-39-33)25-47-19-20-49(4,5)6/h7-14,21-22,24H,15-20,23,25H2,1-6H3,(H,40,46). The summed E-state index contributed by atoms with van der Waals surface area (Å²) in [5.41, 5.74) is 6.43. The van der Waals surface area contributed by atoms with Crippen molar-refractivity contribution >= 4 is 30.8 Å². The molecule has 0 atom stereocenters. The molecule has 0 spiro atoms. The predicted molar refractivity (Wildman–Crippen MR) is 196 cm³/mol. The molecule has 0 radical (unpaired) electrons. The summed E-state index contributed by atoms with van der Waals surface area (Å²) in [6.07, 6.45) is 5.10. The van der Waals surface area contributed by atoms with Crippen molar-refractivity contribution < 1.29 is 14.3 Å². The van der Waals surface area contributed by atoms with Crippen molar-refractivity contribution in [1.29, 1.82) is 0 Å². The maximum atomic E-state index is 13.6. The molecule has 1 aliphatic heterocycles. The predicted octanol–water partition coefficient (Wildman–Crippen LogP) is 6.61. The Balaban J connectivity index is 1.21. The van der Waals surface area contributed by atoms with Crippen molar-refractivity contribution in [3.8, 4) is 23.0 Å². The second-order valence-electron chi connectivity index (χ2n) is 14.1. The average Bonchev–Trinajstić information content (AvgIpc) is 3.49. The van der Waals surface area contributed by atoms with E-state index >= 15 is 0 Å². The number of aromatic nitrogens is 5. The Labute approximate surface area is 289 Å². The molecule has 1 amide bonds. The van der Waals surface area contributed by atoms with Gasteiger partial charge in [0.05, 0.1) is 6.33 Å². The quantitative estimate of drug-likeness (QED) is 0.115. The molecule has 0 saturated carbocycles. The zero-order chi connectivity index (χ0) is 34.5. The Kier molecular flexibility index (Phi) is 10.5. The Bertz CT molecular complexity index is 1920. The van der Waals surface area contributed by atoms with Crippen molar-refractivity contribution in [2.24, 2.45) is 0 Å². The summed E-state index contributed by atoms with van der Waals surface area (Å²) >= 11 is 0. The van der Waals surface area contributed by atoms with Crippen LogP contribution in [0.25, 0.3) is 22.6 Å². The number of carbonyl (C=O) groups excluding carboxylic acids is 1. The highest BCUT2D eigenvalue weighted by Crippen LogP contribution is 2.31. The summed E-state index contributed by atoms with van der Waals surface area (Å²) in [5, 5.41) is 3.09. The molecule has 1 saturated heterocycles. The van der Waals surface area contributed by atoms with Crippen LogP contribution in [0.5, 0.6) is 11.6 Å². The van der Waals surface area contributed by atoms with Gasteiger partial charge in [0.15, 0.2) is 17.0 Å². The number of likely N-dealkylation sites (N-methyl/N-ethyl adjacent to an activating group) is 1. The molecule has 0 bridgehead atoms. The van der Waals surface area contributed by atoms with Gasteiger partial charge in [0.1, 0.15) is 12.5 Å². The number of ether oxygens (including phenoxy) is 2. The highest BCUT2D eigenvalue weighted by molar-refractivity contribution is 6.76. The van der Waals surface area contributed by atoms with Gasteiger partial charge >= 0.3 is 0 Å². The van der Waals surface area contributed by atoms with Crippen molar-refractivity contribution in [2.75, 3.05) is 45.2 Å². The first-order chi connectivity index (χ1) is 23.5. The van der Waals surface area contributed by atoms with Crippen molar-refractivity contribution in [2.45, 2.75) is 52.8 Å². The van der Waals surface area contributed by atoms with E-state index in [2.05, 4.69) is 64.8 Å². The number of hydrogen-bond acceptors (Lipinski definition) is 9. The first-order valence-electron chi connectivity index (χ1n) is 16.8. The molecule has 2 aromatic carbocycles. The smallest absolute Gasteiger partial charge is 0.256 e. The number of rotatable bonds is 12. The number of nitrogens with one attached hydrogen (secondary N) is 1. The molecule has 1 N–H and O–H groups in total. The second-order valence-corrected chi connectivity index (χ2v) is 19.7. The number of piperazine rings is 1. The zero-order valence-corrected chi connectivity index (χ0v) is 30.4. The van der Waals surface area contributed by atoms with Crippen LogP contribution in [0.15, 0.2) is 67.3 Å². The highest BCUT2D eigenvalue weighted by Gasteiger charge is 2.20. The fourth-order valence-electron chi connectivity index (χ4n) is 5.67. The molecule has 11 nitrogen and oxygen atoms in total. The number of imidazole rings is 1. The Hall–Kier alpha value is -4.49. The third kappa shape index (κ3) is 8.76. The monoisotopic (exact) mass is 678 g/mol. The van der Waals surface area contributed by atoms with E-state index < -0.39 is 8.07 Å². The van der Waals surface area contributed by atoms with E-state index in [-0.39, 0.29) is 5.91 Å². The fourth-order valence-corrected chi connectivity index (χ4v) is 6.43. The van der Waals surface area contributed by atoms with Crippen LogP contribution < -0.4 is 10.1 Å². The van der Waals surface area contributed by atoms with E-state index in [1.165, 1.54) is 5.56 Å². The van der Waals surface area contributed by atoms with Gasteiger partial charge in [0.2, 0.25) is 0 Å². The molecule has 12 heteroatoms. The summed E-state index contributed by atoms with van der Waals surface area (Å²) in [7, 11) is 0.943. The van der Waals surface area contributed by atoms with Gasteiger partial charge in [-0.05, 0) is 80.0 Å².